The molecule has 0 aromatic carbocycles. The number of carbonyl (C=O) groups is 1. The van der Waals surface area contributed by atoms with Crippen molar-refractivity contribution in [2.75, 3.05) is 0 Å². The molecule has 0 fully saturated rings. The third-order valence-electron chi connectivity index (χ3n) is 2.35. The van der Waals surface area contributed by atoms with E-state index in [1.165, 1.54) is 5.56 Å². The van der Waals surface area contributed by atoms with Gasteiger partial charge in [-0.1, -0.05) is 0 Å². The maximum Gasteiger partial charge on any atom is 0.165 e. The lowest BCUT2D eigenvalue weighted by atomic mass is 10.2. The van der Waals surface area contributed by atoms with E-state index in [0.717, 1.165) is 23.1 Å². The number of halogens is 1. The van der Waals surface area contributed by atoms with Gasteiger partial charge in [0.25, 0.3) is 0 Å². The zero-order chi connectivity index (χ0) is 8.72. The second-order valence-corrected chi connectivity index (χ2v) is 3.77. The van der Waals surface area contributed by atoms with Gasteiger partial charge in [0, 0.05) is 24.7 Å². The summed E-state index contributed by atoms with van der Waals surface area (Å²) in [7, 11) is 0. The summed E-state index contributed by atoms with van der Waals surface area (Å²) in [5.74, 6) is 0.290. The van der Waals surface area contributed by atoms with E-state index in [9.17, 15) is 4.79 Å². The normalized spacial score (nSPS) is 15.3. The van der Waals surface area contributed by atoms with E-state index in [0.29, 0.717) is 6.42 Å². The number of hydrogen-bond donors (Lipinski definition) is 0. The summed E-state index contributed by atoms with van der Waals surface area (Å²) in [6, 6.07) is 0. The molecule has 1 aromatic heterocycles. The second-order valence-electron chi connectivity index (χ2n) is 3.02. The van der Waals surface area contributed by atoms with Crippen molar-refractivity contribution in [2.45, 2.75) is 26.3 Å². The zero-order valence-electron chi connectivity index (χ0n) is 6.93. The van der Waals surface area contributed by atoms with Gasteiger partial charge in [0.05, 0.1) is 4.60 Å². The van der Waals surface area contributed by atoms with Crippen molar-refractivity contribution in [1.29, 1.82) is 0 Å². The number of rotatable bonds is 1. The van der Waals surface area contributed by atoms with Crippen LogP contribution < -0.4 is 0 Å². The van der Waals surface area contributed by atoms with E-state index in [1.54, 1.807) is 0 Å². The zero-order valence-corrected chi connectivity index (χ0v) is 8.52. The van der Waals surface area contributed by atoms with Crippen LogP contribution in [0.4, 0.5) is 0 Å². The number of hydrogen-bond acceptors (Lipinski definition) is 1. The molecule has 0 amide bonds. The molecule has 12 heavy (non-hydrogen) atoms. The molecule has 0 N–H and O–H groups in total. The summed E-state index contributed by atoms with van der Waals surface area (Å²) >= 11 is 3.50. The summed E-state index contributed by atoms with van der Waals surface area (Å²) in [6.45, 7) is 2.99. The summed E-state index contributed by atoms with van der Waals surface area (Å²) in [5.41, 5.74) is 2.12. The van der Waals surface area contributed by atoms with E-state index >= 15 is 0 Å². The van der Waals surface area contributed by atoms with Gasteiger partial charge in [-0.25, -0.2) is 0 Å². The van der Waals surface area contributed by atoms with Crippen LogP contribution >= 0.6 is 15.9 Å². The minimum Gasteiger partial charge on any atom is -0.342 e. The molecule has 2 nitrogen and oxygen atoms in total. The molecule has 0 radical (unpaired) electrons. The maximum atomic E-state index is 11.3. The summed E-state index contributed by atoms with van der Waals surface area (Å²) in [4.78, 5) is 11.3. The Labute approximate surface area is 79.7 Å². The van der Waals surface area contributed by atoms with Gasteiger partial charge in [0.15, 0.2) is 5.78 Å². The van der Waals surface area contributed by atoms with Crippen LogP contribution in [0.5, 0.6) is 0 Å². The SMILES string of the molecule is CCn1cc2c(c1Br)CCC2=O. The van der Waals surface area contributed by atoms with Crippen LogP contribution in [0.1, 0.15) is 29.3 Å². The number of aryl methyl sites for hydroxylation is 1. The largest absolute Gasteiger partial charge is 0.342 e. The van der Waals surface area contributed by atoms with Gasteiger partial charge in [-0.05, 0) is 34.8 Å². The number of nitrogens with zero attached hydrogens (tertiary/aromatic N) is 1. The first-order valence-corrected chi connectivity index (χ1v) is 4.94. The van der Waals surface area contributed by atoms with Gasteiger partial charge < -0.3 is 4.57 Å². The molecule has 0 atom stereocenters. The Bertz CT molecular complexity index is 341. The Balaban J connectivity index is 2.57. The van der Waals surface area contributed by atoms with Gasteiger partial charge >= 0.3 is 0 Å². The van der Waals surface area contributed by atoms with Crippen molar-refractivity contribution < 1.29 is 4.79 Å². The molecule has 1 aliphatic rings. The minimum absolute atomic E-state index is 0.290. The standard InChI is InChI=1S/C9H10BrNO/c1-2-11-5-7-6(9(11)10)3-4-8(7)12/h5H,2-4H2,1H3. The fourth-order valence-corrected chi connectivity index (χ4v) is 2.42. The highest BCUT2D eigenvalue weighted by Gasteiger charge is 2.24. The summed E-state index contributed by atoms with van der Waals surface area (Å²) in [6.07, 6.45) is 3.55. The Morgan fingerprint density at radius 1 is 1.58 bits per heavy atom. The van der Waals surface area contributed by atoms with Crippen molar-refractivity contribution in [2.24, 2.45) is 0 Å². The van der Waals surface area contributed by atoms with Crippen LogP contribution in [0.25, 0.3) is 0 Å². The number of aromatic nitrogens is 1. The third kappa shape index (κ3) is 0.959. The van der Waals surface area contributed by atoms with Crippen LogP contribution in [-0.4, -0.2) is 10.4 Å². The Morgan fingerprint density at radius 2 is 2.33 bits per heavy atom. The predicted molar refractivity (Wildman–Crippen MR) is 50.5 cm³/mol. The Kier molecular flexibility index (Phi) is 1.83. The molecule has 0 saturated carbocycles. The van der Waals surface area contributed by atoms with E-state index in [1.807, 2.05) is 6.20 Å². The highest BCUT2D eigenvalue weighted by atomic mass is 79.9. The van der Waals surface area contributed by atoms with Crippen molar-refractivity contribution in [3.05, 3.63) is 21.9 Å². The molecule has 2 rings (SSSR count). The molecular formula is C9H10BrNO. The smallest absolute Gasteiger partial charge is 0.165 e. The van der Waals surface area contributed by atoms with Crippen LogP contribution in [0.3, 0.4) is 0 Å². The molecule has 0 saturated heterocycles. The number of fused-ring (bicyclic) bond motifs is 1. The van der Waals surface area contributed by atoms with Crippen LogP contribution in [0.2, 0.25) is 0 Å². The van der Waals surface area contributed by atoms with Crippen molar-refractivity contribution in [1.82, 2.24) is 4.57 Å². The highest BCUT2D eigenvalue weighted by Crippen LogP contribution is 2.30. The first-order chi connectivity index (χ1) is 5.74. The predicted octanol–water partition coefficient (Wildman–Crippen LogP) is 2.40. The van der Waals surface area contributed by atoms with Gasteiger partial charge in [-0.15, -0.1) is 0 Å². The van der Waals surface area contributed by atoms with Crippen LogP contribution in [0.15, 0.2) is 10.8 Å². The molecule has 0 aliphatic heterocycles. The highest BCUT2D eigenvalue weighted by molar-refractivity contribution is 9.10. The Hall–Kier alpha value is -0.570. The number of ketones is 1. The quantitative estimate of drug-likeness (QED) is 0.723. The lowest BCUT2D eigenvalue weighted by molar-refractivity contribution is 0.0994. The fourth-order valence-electron chi connectivity index (χ4n) is 1.66. The maximum absolute atomic E-state index is 11.3. The Morgan fingerprint density at radius 3 is 2.92 bits per heavy atom. The lowest BCUT2D eigenvalue weighted by Crippen LogP contribution is -1.95. The molecule has 64 valence electrons. The van der Waals surface area contributed by atoms with Crippen LogP contribution in [0, 0.1) is 0 Å². The molecule has 1 aliphatic carbocycles. The average molecular weight is 228 g/mol. The first kappa shape index (κ1) is 8.05. The molecular weight excluding hydrogens is 218 g/mol. The summed E-state index contributed by atoms with van der Waals surface area (Å²) < 4.78 is 3.16. The van der Waals surface area contributed by atoms with E-state index in [4.69, 9.17) is 0 Å². The van der Waals surface area contributed by atoms with Crippen molar-refractivity contribution >= 4 is 21.7 Å². The van der Waals surface area contributed by atoms with E-state index < -0.39 is 0 Å². The minimum atomic E-state index is 0.290. The average Bonchev–Trinajstić information content (AvgIpc) is 2.55. The molecule has 1 aromatic rings. The van der Waals surface area contributed by atoms with Gasteiger partial charge in [-0.3, -0.25) is 4.79 Å². The van der Waals surface area contributed by atoms with Crippen molar-refractivity contribution in [3.8, 4) is 0 Å². The molecule has 1 heterocycles. The fraction of sp³-hybridized carbons (Fsp3) is 0.444. The second kappa shape index (κ2) is 2.73. The third-order valence-corrected chi connectivity index (χ3v) is 3.29. The molecule has 3 heteroatoms. The molecule has 0 bridgehead atoms. The molecule has 0 unspecified atom stereocenters. The van der Waals surface area contributed by atoms with Crippen molar-refractivity contribution in [3.63, 3.8) is 0 Å². The number of carbonyl (C=O) groups excluding carboxylic acids is 1. The van der Waals surface area contributed by atoms with Gasteiger partial charge in [0.1, 0.15) is 0 Å². The number of Topliss-reactive ketones (excluding diaryl/α,β-unsaturated/α-hetero) is 1. The van der Waals surface area contributed by atoms with E-state index in [2.05, 4.69) is 27.4 Å². The topological polar surface area (TPSA) is 22.0 Å². The van der Waals surface area contributed by atoms with Gasteiger partial charge in [-0.2, -0.15) is 0 Å². The summed E-state index contributed by atoms with van der Waals surface area (Å²) in [5, 5.41) is 0. The first-order valence-electron chi connectivity index (χ1n) is 4.14. The lowest BCUT2D eigenvalue weighted by Gasteiger charge is -1.99. The van der Waals surface area contributed by atoms with Crippen LogP contribution in [-0.2, 0) is 13.0 Å². The molecule has 0 spiro atoms. The van der Waals surface area contributed by atoms with Gasteiger partial charge in [0.2, 0.25) is 0 Å². The van der Waals surface area contributed by atoms with E-state index in [-0.39, 0.29) is 5.78 Å². The monoisotopic (exact) mass is 227 g/mol.